The summed E-state index contributed by atoms with van der Waals surface area (Å²) < 4.78 is 15.0. The van der Waals surface area contributed by atoms with E-state index in [2.05, 4.69) is 34.7 Å². The van der Waals surface area contributed by atoms with Crippen LogP contribution in [0.1, 0.15) is 49.7 Å². The molecule has 1 heterocycles. The summed E-state index contributed by atoms with van der Waals surface area (Å²) in [4.78, 5) is 23.4. The van der Waals surface area contributed by atoms with Gasteiger partial charge in [-0.05, 0) is 60.4 Å². The van der Waals surface area contributed by atoms with Gasteiger partial charge in [-0.25, -0.2) is 9.18 Å². The van der Waals surface area contributed by atoms with E-state index in [1.165, 1.54) is 41.6 Å². The quantitative estimate of drug-likeness (QED) is 0.142. The van der Waals surface area contributed by atoms with E-state index in [-0.39, 0.29) is 11.5 Å². The van der Waals surface area contributed by atoms with Crippen LogP contribution in [0, 0.1) is 15.9 Å². The van der Waals surface area contributed by atoms with Crippen LogP contribution in [0.25, 0.3) is 5.69 Å². The van der Waals surface area contributed by atoms with E-state index in [1.807, 2.05) is 24.3 Å². The molecule has 0 saturated carbocycles. The maximum absolute atomic E-state index is 13.3. The van der Waals surface area contributed by atoms with Gasteiger partial charge in [-0.3, -0.25) is 14.7 Å². The second kappa shape index (κ2) is 11.9. The normalized spacial score (nSPS) is 11.8. The monoisotopic (exact) mass is 534 g/mol. The number of non-ortho nitro benzene ring substituents is 1. The summed E-state index contributed by atoms with van der Waals surface area (Å²) in [6, 6.07) is 18.9. The van der Waals surface area contributed by atoms with Crippen molar-refractivity contribution >= 4 is 29.2 Å². The van der Waals surface area contributed by atoms with E-state index in [9.17, 15) is 19.3 Å². The Hall–Kier alpha value is -4.25. The molecule has 0 aliphatic heterocycles. The van der Waals surface area contributed by atoms with E-state index in [0.717, 1.165) is 5.56 Å². The lowest BCUT2D eigenvalue weighted by atomic mass is 10.0. The largest absolute Gasteiger partial charge is 0.328 e. The Morgan fingerprint density at radius 2 is 1.66 bits per heavy atom. The number of nitrogens with one attached hydrogen (secondary N) is 2. The third-order valence-electron chi connectivity index (χ3n) is 5.83. The number of nitrogens with zero attached hydrogens (tertiary/aromatic N) is 4. The van der Waals surface area contributed by atoms with Gasteiger partial charge in [-0.2, -0.15) is 0 Å². The number of thioether (sulfide) groups is 1. The molecule has 0 saturated heterocycles. The highest BCUT2D eigenvalue weighted by Gasteiger charge is 2.22. The van der Waals surface area contributed by atoms with Crippen LogP contribution in [-0.4, -0.2) is 25.7 Å². The number of rotatable bonds is 9. The van der Waals surface area contributed by atoms with Gasteiger partial charge in [0.05, 0.1) is 11.0 Å². The van der Waals surface area contributed by atoms with Crippen LogP contribution in [0.15, 0.2) is 78.0 Å². The fraction of sp³-hybridized carbons (Fsp3) is 0.222. The summed E-state index contributed by atoms with van der Waals surface area (Å²) in [5.74, 6) is 1.02. The van der Waals surface area contributed by atoms with Gasteiger partial charge < -0.3 is 10.6 Å². The number of aromatic nitrogens is 3. The van der Waals surface area contributed by atoms with E-state index in [0.29, 0.717) is 34.0 Å². The SMILES string of the molecule is CC(C)c1ccc(NC(=O)NC(C)c2nnc(SCc3ccc(F)cc3)n2-c2ccc([N+](=O)[O-])cc2)cc1. The standard InChI is InChI=1S/C27H27FN6O3S/c1-17(2)20-6-10-22(11-7-20)30-26(35)29-18(3)25-31-32-27(38-16-19-4-8-21(28)9-5-19)33(25)23-12-14-24(15-13-23)34(36)37/h4-15,17-18H,16H2,1-3H3,(H2,29,30,35). The van der Waals surface area contributed by atoms with Gasteiger partial charge in [0, 0.05) is 29.3 Å². The number of amides is 2. The molecule has 0 aliphatic carbocycles. The van der Waals surface area contributed by atoms with Crippen LogP contribution < -0.4 is 10.6 Å². The van der Waals surface area contributed by atoms with Crippen molar-refractivity contribution in [2.45, 2.75) is 43.6 Å². The number of nitro benzene ring substituents is 1. The van der Waals surface area contributed by atoms with Gasteiger partial charge in [0.25, 0.3) is 5.69 Å². The molecule has 1 unspecified atom stereocenters. The maximum atomic E-state index is 13.3. The van der Waals surface area contributed by atoms with Crippen molar-refractivity contribution in [1.82, 2.24) is 20.1 Å². The maximum Gasteiger partial charge on any atom is 0.319 e. The molecule has 9 nitrogen and oxygen atoms in total. The number of urea groups is 1. The fourth-order valence-corrected chi connectivity index (χ4v) is 4.64. The van der Waals surface area contributed by atoms with Crippen molar-refractivity contribution in [1.29, 1.82) is 0 Å². The molecule has 196 valence electrons. The second-order valence-corrected chi connectivity index (χ2v) is 9.90. The molecule has 4 rings (SSSR count). The average Bonchev–Trinajstić information content (AvgIpc) is 3.33. The zero-order chi connectivity index (χ0) is 27.2. The van der Waals surface area contributed by atoms with Crippen molar-refractivity contribution in [2.75, 3.05) is 5.32 Å². The third-order valence-corrected chi connectivity index (χ3v) is 6.83. The van der Waals surface area contributed by atoms with Crippen molar-refractivity contribution in [3.63, 3.8) is 0 Å². The predicted octanol–water partition coefficient (Wildman–Crippen LogP) is 6.61. The summed E-state index contributed by atoms with van der Waals surface area (Å²) in [6.45, 7) is 5.98. The molecule has 11 heteroatoms. The molecule has 0 radical (unpaired) electrons. The first-order valence-electron chi connectivity index (χ1n) is 12.0. The lowest BCUT2D eigenvalue weighted by Gasteiger charge is -2.17. The molecule has 0 aliphatic rings. The number of anilines is 1. The number of benzene rings is 3. The highest BCUT2D eigenvalue weighted by atomic mass is 32.2. The first-order chi connectivity index (χ1) is 18.2. The van der Waals surface area contributed by atoms with Gasteiger partial charge in [-0.15, -0.1) is 10.2 Å². The second-order valence-electron chi connectivity index (χ2n) is 8.96. The third kappa shape index (κ3) is 6.54. The number of hydrogen-bond donors (Lipinski definition) is 2. The van der Waals surface area contributed by atoms with Crippen molar-refractivity contribution in [3.8, 4) is 5.69 Å². The molecule has 0 spiro atoms. The molecule has 0 fully saturated rings. The van der Waals surface area contributed by atoms with Crippen molar-refractivity contribution < 1.29 is 14.1 Å². The summed E-state index contributed by atoms with van der Waals surface area (Å²) >= 11 is 1.38. The Balaban J connectivity index is 1.55. The molecular weight excluding hydrogens is 507 g/mol. The van der Waals surface area contributed by atoms with Gasteiger partial charge in [0.2, 0.25) is 0 Å². The van der Waals surface area contributed by atoms with Gasteiger partial charge >= 0.3 is 6.03 Å². The zero-order valence-electron chi connectivity index (χ0n) is 21.1. The Labute approximate surface area is 223 Å². The molecule has 1 atom stereocenters. The molecule has 0 bridgehead atoms. The highest BCUT2D eigenvalue weighted by molar-refractivity contribution is 7.98. The lowest BCUT2D eigenvalue weighted by Crippen LogP contribution is -2.32. The van der Waals surface area contributed by atoms with Gasteiger partial charge in [0.1, 0.15) is 5.82 Å². The van der Waals surface area contributed by atoms with Crippen LogP contribution in [0.4, 0.5) is 20.6 Å². The van der Waals surface area contributed by atoms with Crippen molar-refractivity contribution in [3.05, 3.63) is 106 Å². The Kier molecular flexibility index (Phi) is 8.37. The topological polar surface area (TPSA) is 115 Å². The molecule has 1 aromatic heterocycles. The predicted molar refractivity (Wildman–Crippen MR) is 145 cm³/mol. The smallest absolute Gasteiger partial charge is 0.319 e. The molecular formula is C27H27FN6O3S. The zero-order valence-corrected chi connectivity index (χ0v) is 21.9. The molecule has 3 aromatic carbocycles. The Morgan fingerprint density at radius 1 is 1.00 bits per heavy atom. The molecule has 2 amide bonds. The van der Waals surface area contributed by atoms with E-state index in [1.54, 1.807) is 35.8 Å². The van der Waals surface area contributed by atoms with Crippen molar-refractivity contribution in [2.24, 2.45) is 0 Å². The minimum Gasteiger partial charge on any atom is -0.328 e. The minimum atomic E-state index is -0.548. The van der Waals surface area contributed by atoms with E-state index in [4.69, 9.17) is 0 Å². The highest BCUT2D eigenvalue weighted by Crippen LogP contribution is 2.28. The molecule has 2 N–H and O–H groups in total. The van der Waals surface area contributed by atoms with Gasteiger partial charge in [-0.1, -0.05) is 49.9 Å². The van der Waals surface area contributed by atoms with Gasteiger partial charge in [0.15, 0.2) is 11.0 Å². The number of carbonyl (C=O) groups is 1. The lowest BCUT2D eigenvalue weighted by molar-refractivity contribution is -0.384. The van der Waals surface area contributed by atoms with Crippen LogP contribution in [0.3, 0.4) is 0 Å². The molecule has 38 heavy (non-hydrogen) atoms. The first kappa shape index (κ1) is 26.8. The molecule has 4 aromatic rings. The van der Waals surface area contributed by atoms with E-state index >= 15 is 0 Å². The average molecular weight is 535 g/mol. The Bertz CT molecular complexity index is 1410. The summed E-state index contributed by atoms with van der Waals surface area (Å²) in [7, 11) is 0. The number of carbonyl (C=O) groups excluding carboxylic acids is 1. The van der Waals surface area contributed by atoms with Crippen LogP contribution >= 0.6 is 11.8 Å². The minimum absolute atomic E-state index is 0.0436. The van der Waals surface area contributed by atoms with E-state index < -0.39 is 17.0 Å². The first-order valence-corrected chi connectivity index (χ1v) is 12.9. The van der Waals surface area contributed by atoms with Crippen LogP contribution in [-0.2, 0) is 5.75 Å². The summed E-state index contributed by atoms with van der Waals surface area (Å²) in [6.07, 6.45) is 0. The number of hydrogen-bond acceptors (Lipinski definition) is 6. The fourth-order valence-electron chi connectivity index (χ4n) is 3.73. The Morgan fingerprint density at radius 3 is 2.26 bits per heavy atom. The summed E-state index contributed by atoms with van der Waals surface area (Å²) in [5, 5.41) is 26.0. The number of nitro groups is 1. The number of halogens is 1. The van der Waals surface area contributed by atoms with Crippen LogP contribution in [0.5, 0.6) is 0 Å². The van der Waals surface area contributed by atoms with Crippen LogP contribution in [0.2, 0.25) is 0 Å². The summed E-state index contributed by atoms with van der Waals surface area (Å²) in [5.41, 5.74) is 3.29.